The van der Waals surface area contributed by atoms with Crippen molar-refractivity contribution in [2.75, 3.05) is 37.9 Å². The number of amides is 1. The Morgan fingerprint density at radius 2 is 1.94 bits per heavy atom. The molecule has 8 nitrogen and oxygen atoms in total. The van der Waals surface area contributed by atoms with Crippen LogP contribution in [0, 0.1) is 0 Å². The molecule has 4 rings (SSSR count). The molecular formula is C26H28N6O2. The first-order valence-corrected chi connectivity index (χ1v) is 11.2. The van der Waals surface area contributed by atoms with Crippen LogP contribution in [0.4, 0.5) is 17.2 Å². The van der Waals surface area contributed by atoms with Crippen molar-refractivity contribution < 1.29 is 9.53 Å². The zero-order valence-corrected chi connectivity index (χ0v) is 19.4. The van der Waals surface area contributed by atoms with Crippen LogP contribution >= 0.6 is 0 Å². The van der Waals surface area contributed by atoms with Gasteiger partial charge in [-0.05, 0) is 57.8 Å². The minimum atomic E-state index is -0.318. The van der Waals surface area contributed by atoms with Gasteiger partial charge in [0.25, 0.3) is 0 Å². The molecule has 0 atom stereocenters. The topological polar surface area (TPSA) is 92.3 Å². The average Bonchev–Trinajstić information content (AvgIpc) is 2.84. The van der Waals surface area contributed by atoms with E-state index in [9.17, 15) is 4.79 Å². The van der Waals surface area contributed by atoms with Gasteiger partial charge in [-0.25, -0.2) is 9.97 Å². The van der Waals surface area contributed by atoms with Crippen LogP contribution in [0.15, 0.2) is 67.6 Å². The molecule has 0 saturated heterocycles. The molecule has 34 heavy (non-hydrogen) atoms. The fraction of sp³-hybridized carbons (Fsp3) is 0.231. The van der Waals surface area contributed by atoms with Crippen molar-refractivity contribution in [2.24, 2.45) is 0 Å². The maximum Gasteiger partial charge on any atom is 0.247 e. The van der Waals surface area contributed by atoms with Crippen molar-refractivity contribution >= 4 is 44.9 Å². The van der Waals surface area contributed by atoms with E-state index in [2.05, 4.69) is 37.1 Å². The maximum atomic E-state index is 12.1. The summed E-state index contributed by atoms with van der Waals surface area (Å²) in [6.07, 6.45) is 6.41. The highest BCUT2D eigenvalue weighted by Crippen LogP contribution is 2.34. The number of hydrogen-bond donors (Lipinski definition) is 2. The minimum Gasteiger partial charge on any atom is -0.491 e. The molecule has 0 unspecified atom stereocenters. The molecule has 0 aliphatic carbocycles. The van der Waals surface area contributed by atoms with E-state index in [-0.39, 0.29) is 5.91 Å². The molecular weight excluding hydrogens is 428 g/mol. The molecule has 2 N–H and O–H groups in total. The lowest BCUT2D eigenvalue weighted by Crippen LogP contribution is -2.14. The number of ether oxygens (including phenoxy) is 1. The van der Waals surface area contributed by atoms with Gasteiger partial charge in [0, 0.05) is 23.0 Å². The normalized spacial score (nSPS) is 11.0. The predicted octanol–water partition coefficient (Wildman–Crippen LogP) is 4.77. The number of fused-ring (bicyclic) bond motifs is 2. The largest absolute Gasteiger partial charge is 0.491 e. The van der Waals surface area contributed by atoms with Crippen molar-refractivity contribution in [3.05, 3.63) is 67.6 Å². The third kappa shape index (κ3) is 5.47. The van der Waals surface area contributed by atoms with Crippen molar-refractivity contribution in [3.8, 4) is 5.75 Å². The molecule has 0 aliphatic heterocycles. The van der Waals surface area contributed by atoms with Crippen LogP contribution in [0.1, 0.15) is 12.8 Å². The number of hydrogen-bond acceptors (Lipinski definition) is 7. The second-order valence-electron chi connectivity index (χ2n) is 8.15. The van der Waals surface area contributed by atoms with Crippen LogP contribution in [-0.2, 0) is 4.79 Å². The highest BCUT2D eigenvalue weighted by atomic mass is 16.5. The molecule has 8 heteroatoms. The van der Waals surface area contributed by atoms with Gasteiger partial charge in [0.15, 0.2) is 0 Å². The fourth-order valence-electron chi connectivity index (χ4n) is 3.63. The highest BCUT2D eigenvalue weighted by molar-refractivity contribution is 6.04. The van der Waals surface area contributed by atoms with Crippen LogP contribution in [0.3, 0.4) is 0 Å². The first kappa shape index (κ1) is 23.1. The number of unbranched alkanes of at least 4 members (excludes halogenated alkanes) is 1. The lowest BCUT2D eigenvalue weighted by Gasteiger charge is -2.15. The standard InChI is InChI=1S/C26H28N6O2/c1-4-24(33)30-22-15-19-21(16-23(22)34-14-6-5-13-32(2)3)28-17-29-26(19)31-20-11-7-9-18-10-8-12-27-25(18)20/h4,7-12,15-17H,1,5-6,13-14H2,2-3H3,(H,30,33)(H,28,29,31). The van der Waals surface area contributed by atoms with Crippen molar-refractivity contribution in [2.45, 2.75) is 12.8 Å². The molecule has 174 valence electrons. The Balaban J connectivity index is 1.67. The number of pyridine rings is 1. The minimum absolute atomic E-state index is 0.318. The van der Waals surface area contributed by atoms with E-state index in [4.69, 9.17) is 4.74 Å². The molecule has 1 amide bonds. The number of aromatic nitrogens is 3. The molecule has 2 heterocycles. The SMILES string of the molecule is C=CC(=O)Nc1cc2c(Nc3cccc4cccnc34)ncnc2cc1OCCCCN(C)C. The molecule has 2 aromatic heterocycles. The van der Waals surface area contributed by atoms with Crippen molar-refractivity contribution in [1.29, 1.82) is 0 Å². The van der Waals surface area contributed by atoms with E-state index in [1.807, 2.05) is 56.6 Å². The number of anilines is 3. The Morgan fingerprint density at radius 3 is 2.76 bits per heavy atom. The smallest absolute Gasteiger partial charge is 0.247 e. The van der Waals surface area contributed by atoms with Crippen LogP contribution < -0.4 is 15.4 Å². The molecule has 0 fully saturated rings. The summed E-state index contributed by atoms with van der Waals surface area (Å²) in [4.78, 5) is 27.6. The summed E-state index contributed by atoms with van der Waals surface area (Å²) in [7, 11) is 4.10. The number of benzene rings is 2. The number of nitrogens with one attached hydrogen (secondary N) is 2. The van der Waals surface area contributed by atoms with Crippen LogP contribution in [0.2, 0.25) is 0 Å². The second-order valence-corrected chi connectivity index (χ2v) is 8.15. The van der Waals surface area contributed by atoms with Crippen molar-refractivity contribution in [3.63, 3.8) is 0 Å². The zero-order valence-electron chi connectivity index (χ0n) is 19.4. The van der Waals surface area contributed by atoms with Crippen LogP contribution in [0.25, 0.3) is 21.8 Å². The van der Waals surface area contributed by atoms with Gasteiger partial charge in [0.1, 0.15) is 17.9 Å². The molecule has 0 bridgehead atoms. The van der Waals surface area contributed by atoms with Gasteiger partial charge >= 0.3 is 0 Å². The van der Waals surface area contributed by atoms with Gasteiger partial charge in [-0.2, -0.15) is 0 Å². The van der Waals surface area contributed by atoms with E-state index in [1.54, 1.807) is 6.20 Å². The molecule has 0 spiro atoms. The summed E-state index contributed by atoms with van der Waals surface area (Å²) < 4.78 is 6.03. The summed E-state index contributed by atoms with van der Waals surface area (Å²) in [5, 5.41) is 8.00. The monoisotopic (exact) mass is 456 g/mol. The molecule has 0 saturated carbocycles. The number of carbonyl (C=O) groups is 1. The third-order valence-corrected chi connectivity index (χ3v) is 5.32. The Kier molecular flexibility index (Phi) is 7.29. The Bertz CT molecular complexity index is 1320. The van der Waals surface area contributed by atoms with Gasteiger partial charge in [0.2, 0.25) is 5.91 Å². The highest BCUT2D eigenvalue weighted by Gasteiger charge is 2.14. The molecule has 0 aliphatic rings. The first-order valence-electron chi connectivity index (χ1n) is 11.2. The van der Waals surface area contributed by atoms with Crippen LogP contribution in [-0.4, -0.2) is 53.0 Å². The van der Waals surface area contributed by atoms with E-state index >= 15 is 0 Å². The van der Waals surface area contributed by atoms with Gasteiger partial charge in [-0.1, -0.05) is 24.8 Å². The quantitative estimate of drug-likeness (QED) is 0.262. The maximum absolute atomic E-state index is 12.1. The zero-order chi connectivity index (χ0) is 23.9. The Morgan fingerprint density at radius 1 is 1.09 bits per heavy atom. The van der Waals surface area contributed by atoms with E-state index in [0.29, 0.717) is 29.4 Å². The van der Waals surface area contributed by atoms with Gasteiger partial charge in [0.05, 0.1) is 29.0 Å². The molecule has 2 aromatic carbocycles. The summed E-state index contributed by atoms with van der Waals surface area (Å²) >= 11 is 0. The third-order valence-electron chi connectivity index (χ3n) is 5.32. The van der Waals surface area contributed by atoms with Gasteiger partial charge in [-0.3, -0.25) is 9.78 Å². The van der Waals surface area contributed by atoms with Crippen molar-refractivity contribution in [1.82, 2.24) is 19.9 Å². The summed E-state index contributed by atoms with van der Waals surface area (Å²) in [6, 6.07) is 13.5. The number of carbonyl (C=O) groups excluding carboxylic acids is 1. The summed E-state index contributed by atoms with van der Waals surface area (Å²) in [6.45, 7) is 5.08. The Hall–Kier alpha value is -4.04. The molecule has 4 aromatic rings. The van der Waals surface area contributed by atoms with Crippen LogP contribution in [0.5, 0.6) is 5.75 Å². The van der Waals surface area contributed by atoms with E-state index in [1.165, 1.54) is 12.4 Å². The van der Waals surface area contributed by atoms with E-state index in [0.717, 1.165) is 41.4 Å². The molecule has 0 radical (unpaired) electrons. The summed E-state index contributed by atoms with van der Waals surface area (Å²) in [5.41, 5.74) is 2.91. The first-order chi connectivity index (χ1) is 16.5. The average molecular weight is 457 g/mol. The van der Waals surface area contributed by atoms with E-state index < -0.39 is 0 Å². The van der Waals surface area contributed by atoms with Gasteiger partial charge in [-0.15, -0.1) is 0 Å². The van der Waals surface area contributed by atoms with Gasteiger partial charge < -0.3 is 20.3 Å². The number of para-hydroxylation sites is 1. The number of nitrogens with zero attached hydrogens (tertiary/aromatic N) is 4. The Labute approximate surface area is 198 Å². The predicted molar refractivity (Wildman–Crippen MR) is 137 cm³/mol. The lowest BCUT2D eigenvalue weighted by atomic mass is 10.1. The summed E-state index contributed by atoms with van der Waals surface area (Å²) in [5.74, 6) is 0.847. The fourth-order valence-corrected chi connectivity index (χ4v) is 3.63. The number of rotatable bonds is 10. The second kappa shape index (κ2) is 10.7. The lowest BCUT2D eigenvalue weighted by molar-refractivity contribution is -0.111.